The molecule has 0 fully saturated rings. The van der Waals surface area contributed by atoms with Gasteiger partial charge in [0.1, 0.15) is 5.82 Å². The Hall–Kier alpha value is -2.73. The van der Waals surface area contributed by atoms with E-state index < -0.39 is 11.9 Å². The van der Waals surface area contributed by atoms with Crippen LogP contribution in [-0.4, -0.2) is 27.1 Å². The zero-order valence-corrected chi connectivity index (χ0v) is 11.7. The number of aliphatic carboxylic acids is 2. The van der Waals surface area contributed by atoms with Crippen LogP contribution in [0.2, 0.25) is 5.02 Å². The minimum Gasteiger partial charge on any atom is -0.478 e. The highest BCUT2D eigenvalue weighted by Crippen LogP contribution is 2.03. The van der Waals surface area contributed by atoms with Crippen molar-refractivity contribution in [1.29, 1.82) is 0 Å². The number of hydrogen-bond acceptors (Lipinski definition) is 3. The number of H-pyrrole nitrogens is 1. The molecule has 21 heavy (non-hydrogen) atoms. The van der Waals surface area contributed by atoms with E-state index in [1.807, 2.05) is 36.4 Å². The molecule has 0 atom stereocenters. The summed E-state index contributed by atoms with van der Waals surface area (Å²) < 4.78 is 0. The van der Waals surface area contributed by atoms with E-state index in [4.69, 9.17) is 27.5 Å². The van der Waals surface area contributed by atoms with E-state index in [1.165, 1.54) is 0 Å². The predicted molar refractivity (Wildman–Crippen MR) is 81.1 cm³/mol. The van der Waals surface area contributed by atoms with Gasteiger partial charge in [-0.1, -0.05) is 29.8 Å². The highest BCUT2D eigenvalue weighted by Gasteiger charge is 1.88. The summed E-state index contributed by atoms with van der Waals surface area (Å²) >= 11 is 5.54. The Balaban J connectivity index is 0.000000288. The number of carboxylic acids is 2. The number of rotatable bonds is 2. The Kier molecular flexibility index (Phi) is 9.68. The molecular weight excluding hydrogens is 296 g/mol. The van der Waals surface area contributed by atoms with Crippen LogP contribution in [0.3, 0.4) is 0 Å². The van der Waals surface area contributed by atoms with Crippen LogP contribution in [0.1, 0.15) is 0 Å². The van der Waals surface area contributed by atoms with Crippen LogP contribution in [-0.2, 0) is 9.59 Å². The molecule has 0 radical (unpaired) electrons. The average Bonchev–Trinajstić information content (AvgIpc) is 2.90. The molecular formula is C14H15ClN2O4. The predicted octanol–water partition coefficient (Wildman–Crippen LogP) is 2.65. The van der Waals surface area contributed by atoms with Crippen molar-refractivity contribution in [3.8, 4) is 0 Å². The van der Waals surface area contributed by atoms with Gasteiger partial charge >= 0.3 is 11.9 Å². The lowest BCUT2D eigenvalue weighted by atomic mass is 10.4. The third-order valence-corrected chi connectivity index (χ3v) is 1.98. The second-order valence-electron chi connectivity index (χ2n) is 3.43. The number of halogens is 1. The number of nitrogens with two attached hydrogens (primary N) is 1. The molecule has 0 aliphatic carbocycles. The number of carboxylic acid groups (broad SMARTS) is 2. The fraction of sp³-hybridized carbons (Fsp3) is 0. The van der Waals surface area contributed by atoms with Crippen molar-refractivity contribution in [2.75, 3.05) is 5.73 Å². The molecule has 0 amide bonds. The zero-order valence-electron chi connectivity index (χ0n) is 10.9. The molecule has 6 nitrogen and oxygen atoms in total. The van der Waals surface area contributed by atoms with Gasteiger partial charge in [0.2, 0.25) is 0 Å². The van der Waals surface area contributed by atoms with Crippen molar-refractivity contribution in [2.45, 2.75) is 0 Å². The number of benzene rings is 1. The Labute approximate surface area is 126 Å². The topological polar surface area (TPSA) is 116 Å². The quantitative estimate of drug-likeness (QED) is 0.636. The van der Waals surface area contributed by atoms with E-state index in [0.717, 1.165) is 10.8 Å². The first kappa shape index (κ1) is 18.3. The molecule has 112 valence electrons. The summed E-state index contributed by atoms with van der Waals surface area (Å²) in [6.45, 7) is 0. The summed E-state index contributed by atoms with van der Waals surface area (Å²) in [4.78, 5) is 21.9. The average molecular weight is 311 g/mol. The second-order valence-corrected chi connectivity index (χ2v) is 3.87. The van der Waals surface area contributed by atoms with Crippen molar-refractivity contribution < 1.29 is 19.8 Å². The number of anilines is 1. The third-order valence-electron chi connectivity index (χ3n) is 1.72. The molecule has 7 heteroatoms. The summed E-state index contributed by atoms with van der Waals surface area (Å²) in [6.07, 6.45) is 2.90. The number of nitrogen functional groups attached to an aromatic ring is 1. The summed E-state index contributed by atoms with van der Waals surface area (Å²) in [5, 5.41) is 16.4. The van der Waals surface area contributed by atoms with E-state index in [-0.39, 0.29) is 0 Å². The fourth-order valence-electron chi connectivity index (χ4n) is 0.901. The second kappa shape index (κ2) is 11.1. The summed E-state index contributed by atoms with van der Waals surface area (Å²) in [5.41, 5.74) is 5.22. The largest absolute Gasteiger partial charge is 0.478 e. The molecule has 0 bridgehead atoms. The Morgan fingerprint density at radius 2 is 1.52 bits per heavy atom. The molecule has 1 heterocycles. The fourth-order valence-corrected chi connectivity index (χ4v) is 1.05. The summed E-state index contributed by atoms with van der Waals surface area (Å²) in [7, 11) is 0. The third kappa shape index (κ3) is 13.5. The van der Waals surface area contributed by atoms with Crippen molar-refractivity contribution in [3.63, 3.8) is 0 Å². The number of nitrogens with one attached hydrogen (secondary N) is 1. The molecule has 1 aromatic heterocycles. The smallest absolute Gasteiger partial charge is 0.328 e. The minimum atomic E-state index is -1.26. The number of carbonyl (C=O) groups is 2. The molecule has 5 N–H and O–H groups in total. The minimum absolute atomic E-state index is 0.558. The summed E-state index contributed by atoms with van der Waals surface area (Å²) in [5.74, 6) is -1.80. The van der Waals surface area contributed by atoms with Crippen LogP contribution in [0.25, 0.3) is 0 Å². The van der Waals surface area contributed by atoms with Crippen molar-refractivity contribution in [1.82, 2.24) is 4.98 Å². The van der Waals surface area contributed by atoms with Crippen LogP contribution in [0, 0.1) is 0 Å². The molecule has 2 rings (SSSR count). The van der Waals surface area contributed by atoms with Crippen LogP contribution in [0.4, 0.5) is 5.82 Å². The molecule has 0 aliphatic heterocycles. The highest BCUT2D eigenvalue weighted by atomic mass is 35.5. The molecule has 0 saturated heterocycles. The van der Waals surface area contributed by atoms with E-state index in [2.05, 4.69) is 4.98 Å². The van der Waals surface area contributed by atoms with E-state index >= 15 is 0 Å². The van der Waals surface area contributed by atoms with Gasteiger partial charge < -0.3 is 20.9 Å². The molecule has 2 aromatic rings. The number of hydrogen-bond donors (Lipinski definition) is 4. The first-order valence-electron chi connectivity index (χ1n) is 5.65. The molecule has 1 aromatic carbocycles. The first-order valence-corrected chi connectivity index (χ1v) is 6.03. The maximum absolute atomic E-state index is 9.55. The van der Waals surface area contributed by atoms with Crippen LogP contribution < -0.4 is 5.73 Å². The Morgan fingerprint density at radius 3 is 1.71 bits per heavy atom. The normalized spacial score (nSPS) is 9.00. The SMILES string of the molecule is Clc1ccccc1.Nc1ccc[nH]1.O=C(O)/C=C\C(=O)O. The summed E-state index contributed by atoms with van der Waals surface area (Å²) in [6, 6.07) is 13.1. The van der Waals surface area contributed by atoms with Crippen molar-refractivity contribution in [2.24, 2.45) is 0 Å². The lowest BCUT2D eigenvalue weighted by Gasteiger charge is -1.80. The van der Waals surface area contributed by atoms with Gasteiger partial charge in [-0.15, -0.1) is 0 Å². The number of aromatic nitrogens is 1. The van der Waals surface area contributed by atoms with E-state index in [9.17, 15) is 9.59 Å². The van der Waals surface area contributed by atoms with E-state index in [0.29, 0.717) is 12.2 Å². The molecule has 0 aliphatic rings. The van der Waals surface area contributed by atoms with Gasteiger partial charge in [-0.05, 0) is 24.3 Å². The maximum Gasteiger partial charge on any atom is 0.328 e. The molecule has 0 spiro atoms. The lowest BCUT2D eigenvalue weighted by Crippen LogP contribution is -1.91. The van der Waals surface area contributed by atoms with Gasteiger partial charge in [-0.25, -0.2) is 9.59 Å². The Morgan fingerprint density at radius 1 is 1.00 bits per heavy atom. The zero-order chi connectivity index (χ0) is 16.1. The van der Waals surface area contributed by atoms with Gasteiger partial charge in [0, 0.05) is 23.4 Å². The van der Waals surface area contributed by atoms with Gasteiger partial charge in [-0.3, -0.25) is 0 Å². The molecule has 0 saturated carbocycles. The maximum atomic E-state index is 9.55. The Bertz CT molecular complexity index is 538. The van der Waals surface area contributed by atoms with Crippen molar-refractivity contribution in [3.05, 3.63) is 65.8 Å². The highest BCUT2D eigenvalue weighted by molar-refractivity contribution is 6.30. The first-order chi connectivity index (χ1) is 9.91. The molecule has 0 unspecified atom stereocenters. The standard InChI is InChI=1S/C6H5Cl.C4H6N2.C4H4O4/c7-6-4-2-1-3-5-6;5-4-2-1-3-6-4;5-3(6)1-2-4(7)8/h1-5H;1-3,6H,5H2;1-2H,(H,5,6)(H,7,8)/b;;2-1-. The van der Waals surface area contributed by atoms with Crippen LogP contribution in [0.5, 0.6) is 0 Å². The van der Waals surface area contributed by atoms with Gasteiger partial charge in [0.05, 0.1) is 0 Å². The van der Waals surface area contributed by atoms with Gasteiger partial charge in [0.15, 0.2) is 0 Å². The van der Waals surface area contributed by atoms with Crippen LogP contribution in [0.15, 0.2) is 60.8 Å². The van der Waals surface area contributed by atoms with Gasteiger partial charge in [0.25, 0.3) is 0 Å². The van der Waals surface area contributed by atoms with Crippen molar-refractivity contribution >= 4 is 29.4 Å². The monoisotopic (exact) mass is 310 g/mol. The van der Waals surface area contributed by atoms with Crippen LogP contribution >= 0.6 is 11.6 Å². The van der Waals surface area contributed by atoms with E-state index in [1.54, 1.807) is 12.3 Å². The van der Waals surface area contributed by atoms with Gasteiger partial charge in [-0.2, -0.15) is 0 Å². The number of aromatic amines is 1. The lowest BCUT2D eigenvalue weighted by molar-refractivity contribution is -0.134.